The molecule has 8 nitrogen and oxygen atoms in total. The van der Waals surface area contributed by atoms with Crippen molar-refractivity contribution >= 4 is 15.8 Å². The van der Waals surface area contributed by atoms with E-state index in [0.717, 1.165) is 11.1 Å². The number of hydrogen-bond donors (Lipinski definition) is 0. The number of piperidine rings is 1. The van der Waals surface area contributed by atoms with Crippen molar-refractivity contribution in [1.82, 2.24) is 18.7 Å². The summed E-state index contributed by atoms with van der Waals surface area (Å²) in [5, 5.41) is 4.34. The lowest BCUT2D eigenvalue weighted by atomic mass is 9.99. The molecule has 0 N–H and O–H groups in total. The van der Waals surface area contributed by atoms with E-state index >= 15 is 0 Å². The van der Waals surface area contributed by atoms with Crippen LogP contribution in [0.15, 0.2) is 35.1 Å². The number of rotatable bonds is 5. The van der Waals surface area contributed by atoms with Crippen LogP contribution < -0.4 is 5.69 Å². The second-order valence-electron chi connectivity index (χ2n) is 6.61. The Morgan fingerprint density at radius 1 is 1.27 bits per heavy atom. The second kappa shape index (κ2) is 7.16. The van der Waals surface area contributed by atoms with Crippen molar-refractivity contribution in [3.8, 4) is 0 Å². The van der Waals surface area contributed by atoms with Crippen molar-refractivity contribution in [3.05, 3.63) is 52.2 Å². The molecule has 1 aromatic heterocycles. The van der Waals surface area contributed by atoms with Gasteiger partial charge < -0.3 is 0 Å². The Morgan fingerprint density at radius 3 is 2.62 bits per heavy atom. The lowest BCUT2D eigenvalue weighted by Gasteiger charge is -2.30. The van der Waals surface area contributed by atoms with E-state index in [0.29, 0.717) is 30.9 Å². The topological polar surface area (TPSA) is 94.3 Å². The fourth-order valence-corrected chi connectivity index (χ4v) is 4.18. The molecule has 1 aliphatic rings. The Labute approximate surface area is 152 Å². The molecule has 26 heavy (non-hydrogen) atoms. The number of Topliss-reactive ketones (excluding diaryl/α,β-unsaturated/α-hetero) is 1. The Balaban J connectivity index is 1.83. The summed E-state index contributed by atoms with van der Waals surface area (Å²) < 4.78 is 27.6. The Kier molecular flexibility index (Phi) is 5.10. The molecule has 0 spiro atoms. The molecule has 3 rings (SSSR count). The molecule has 0 radical (unpaired) electrons. The number of carbonyl (C=O) groups excluding carboxylic acids is 1. The largest absolute Gasteiger partial charge is 0.346 e. The van der Waals surface area contributed by atoms with E-state index in [-0.39, 0.29) is 23.9 Å². The van der Waals surface area contributed by atoms with Gasteiger partial charge in [-0.05, 0) is 12.8 Å². The van der Waals surface area contributed by atoms with Gasteiger partial charge in [-0.2, -0.15) is 5.10 Å². The van der Waals surface area contributed by atoms with E-state index in [2.05, 4.69) is 5.10 Å². The van der Waals surface area contributed by atoms with Crippen LogP contribution in [0.2, 0.25) is 0 Å². The summed E-state index contributed by atoms with van der Waals surface area (Å²) >= 11 is 0. The quantitative estimate of drug-likeness (QED) is 0.711. The molecule has 140 valence electrons. The minimum Gasteiger partial charge on any atom is -0.292 e. The summed E-state index contributed by atoms with van der Waals surface area (Å²) in [5.41, 5.74) is 0.147. The Hall–Kier alpha value is -2.26. The van der Waals surface area contributed by atoms with Gasteiger partial charge in [-0.15, -0.1) is 0 Å². The van der Waals surface area contributed by atoms with Gasteiger partial charge in [0.15, 0.2) is 5.78 Å². The van der Waals surface area contributed by atoms with Gasteiger partial charge >= 0.3 is 5.69 Å². The molecule has 0 saturated carbocycles. The van der Waals surface area contributed by atoms with Crippen molar-refractivity contribution in [3.63, 3.8) is 0 Å². The molecule has 1 atom stereocenters. The summed E-state index contributed by atoms with van der Waals surface area (Å²) in [5.74, 6) is 0.159. The highest BCUT2D eigenvalue weighted by Gasteiger charge is 2.30. The van der Waals surface area contributed by atoms with E-state index < -0.39 is 10.0 Å². The zero-order valence-corrected chi connectivity index (χ0v) is 15.6. The lowest BCUT2D eigenvalue weighted by molar-refractivity contribution is 0.0966. The predicted molar refractivity (Wildman–Crippen MR) is 96.6 cm³/mol. The molecule has 9 heteroatoms. The van der Waals surface area contributed by atoms with Gasteiger partial charge in [-0.3, -0.25) is 9.36 Å². The second-order valence-corrected chi connectivity index (χ2v) is 8.59. The number of carbonyl (C=O) groups is 1. The molecule has 2 heterocycles. The maximum atomic E-state index is 12.5. The summed E-state index contributed by atoms with van der Waals surface area (Å²) in [7, 11) is -1.68. The van der Waals surface area contributed by atoms with Gasteiger partial charge in [0.1, 0.15) is 12.4 Å². The maximum absolute atomic E-state index is 12.5. The van der Waals surface area contributed by atoms with E-state index in [9.17, 15) is 18.0 Å². The highest BCUT2D eigenvalue weighted by molar-refractivity contribution is 7.88. The lowest BCUT2D eigenvalue weighted by Crippen LogP contribution is -2.39. The molecule has 1 aliphatic heterocycles. The van der Waals surface area contributed by atoms with Crippen molar-refractivity contribution in [2.45, 2.75) is 25.3 Å². The maximum Gasteiger partial charge on any atom is 0.346 e. The van der Waals surface area contributed by atoms with Crippen LogP contribution in [0, 0.1) is 0 Å². The summed E-state index contributed by atoms with van der Waals surface area (Å²) in [6, 6.07) is 8.74. The van der Waals surface area contributed by atoms with Gasteiger partial charge in [0.05, 0.1) is 6.26 Å². The first-order valence-electron chi connectivity index (χ1n) is 8.44. The average molecular weight is 378 g/mol. The standard InChI is InChI=1S/C17H22N4O4S/c1-19-16(14-9-6-10-20(11-14)26(2,24)25)18-21(17(19)23)12-15(22)13-7-4-3-5-8-13/h3-5,7-8,14H,6,9-12H2,1-2H3/t14-/m0/s1. The first-order valence-corrected chi connectivity index (χ1v) is 10.3. The Morgan fingerprint density at radius 2 is 1.96 bits per heavy atom. The van der Waals surface area contributed by atoms with Gasteiger partial charge in [0.25, 0.3) is 0 Å². The minimum absolute atomic E-state index is 0.140. The predicted octanol–water partition coefficient (Wildman–Crippen LogP) is 0.604. The van der Waals surface area contributed by atoms with Crippen molar-refractivity contribution in [1.29, 1.82) is 0 Å². The van der Waals surface area contributed by atoms with Crippen molar-refractivity contribution < 1.29 is 13.2 Å². The van der Waals surface area contributed by atoms with E-state index in [1.165, 1.54) is 15.1 Å². The molecule has 0 amide bonds. The highest BCUT2D eigenvalue weighted by Crippen LogP contribution is 2.26. The third-order valence-electron chi connectivity index (χ3n) is 4.68. The van der Waals surface area contributed by atoms with Crippen molar-refractivity contribution in [2.24, 2.45) is 7.05 Å². The number of hydrogen-bond acceptors (Lipinski definition) is 5. The fraction of sp³-hybridized carbons (Fsp3) is 0.471. The summed E-state index contributed by atoms with van der Waals surface area (Å²) in [6.45, 7) is 0.644. The number of nitrogens with zero attached hydrogens (tertiary/aromatic N) is 4. The summed E-state index contributed by atoms with van der Waals surface area (Å²) in [6.07, 6.45) is 2.65. The highest BCUT2D eigenvalue weighted by atomic mass is 32.2. The molecule has 1 saturated heterocycles. The van der Waals surface area contributed by atoms with Crippen molar-refractivity contribution in [2.75, 3.05) is 19.3 Å². The number of sulfonamides is 1. The average Bonchev–Trinajstić information content (AvgIpc) is 2.90. The molecular formula is C17H22N4O4S. The number of aromatic nitrogens is 3. The first-order chi connectivity index (χ1) is 12.3. The Bertz CT molecular complexity index is 962. The zero-order valence-electron chi connectivity index (χ0n) is 14.8. The van der Waals surface area contributed by atoms with E-state index in [4.69, 9.17) is 0 Å². The molecule has 2 aromatic rings. The minimum atomic E-state index is -3.28. The van der Waals surface area contributed by atoms with Gasteiger partial charge in [0, 0.05) is 31.6 Å². The van der Waals surface area contributed by atoms with E-state index in [1.54, 1.807) is 31.3 Å². The van der Waals surface area contributed by atoms with Crippen LogP contribution in [0.25, 0.3) is 0 Å². The third kappa shape index (κ3) is 3.78. The van der Waals surface area contributed by atoms with Crippen LogP contribution in [0.1, 0.15) is 34.9 Å². The monoisotopic (exact) mass is 378 g/mol. The van der Waals surface area contributed by atoms with Gasteiger partial charge in [0.2, 0.25) is 10.0 Å². The molecule has 0 aliphatic carbocycles. The number of ketones is 1. The summed E-state index contributed by atoms with van der Waals surface area (Å²) in [4.78, 5) is 24.8. The van der Waals surface area contributed by atoms with Crippen LogP contribution in [0.5, 0.6) is 0 Å². The smallest absolute Gasteiger partial charge is 0.292 e. The first kappa shape index (κ1) is 18.5. The normalized spacial score (nSPS) is 18.8. The van der Waals surface area contributed by atoms with Crippen LogP contribution >= 0.6 is 0 Å². The molecule has 0 bridgehead atoms. The van der Waals surface area contributed by atoms with Crippen LogP contribution in [0.4, 0.5) is 0 Å². The molecule has 0 unspecified atom stereocenters. The number of benzene rings is 1. The third-order valence-corrected chi connectivity index (χ3v) is 5.95. The van der Waals surface area contributed by atoms with E-state index in [1.807, 2.05) is 6.07 Å². The molecular weight excluding hydrogens is 356 g/mol. The zero-order chi connectivity index (χ0) is 18.9. The van der Waals surface area contributed by atoms with Crippen LogP contribution in [0.3, 0.4) is 0 Å². The van der Waals surface area contributed by atoms with Gasteiger partial charge in [-0.25, -0.2) is 22.2 Å². The van der Waals surface area contributed by atoms with Crippen LogP contribution in [-0.2, 0) is 23.6 Å². The van der Waals surface area contributed by atoms with Gasteiger partial charge in [-0.1, -0.05) is 30.3 Å². The SMILES string of the molecule is Cn1c([C@H]2CCCN(S(C)(=O)=O)C2)nn(CC(=O)c2ccccc2)c1=O. The van der Waals surface area contributed by atoms with Crippen LogP contribution in [-0.4, -0.2) is 52.2 Å². The molecule has 1 fully saturated rings. The molecule has 1 aromatic carbocycles. The fourth-order valence-electron chi connectivity index (χ4n) is 3.27.